The van der Waals surface area contributed by atoms with Gasteiger partial charge in [-0.05, 0) is 13.3 Å². The van der Waals surface area contributed by atoms with Crippen LogP contribution in [0.15, 0.2) is 0 Å². The fourth-order valence-corrected chi connectivity index (χ4v) is 3.88. The van der Waals surface area contributed by atoms with E-state index in [4.69, 9.17) is 5.73 Å². The zero-order valence-corrected chi connectivity index (χ0v) is 14.8. The molecule has 1 rings (SSSR count). The Hall–Kier alpha value is -0.170. The van der Waals surface area contributed by atoms with Gasteiger partial charge in [0.1, 0.15) is 0 Å². The second-order valence-electron chi connectivity index (χ2n) is 6.51. The van der Waals surface area contributed by atoms with E-state index in [1.54, 1.807) is 4.31 Å². The van der Waals surface area contributed by atoms with Gasteiger partial charge in [0.2, 0.25) is 10.0 Å². The third kappa shape index (κ3) is 5.85. The smallest absolute Gasteiger partial charge is 0.211 e. The van der Waals surface area contributed by atoms with Crippen LogP contribution in [0.1, 0.15) is 52.4 Å². The minimum absolute atomic E-state index is 0.00973. The Kier molecular flexibility index (Phi) is 7.60. The lowest BCUT2D eigenvalue weighted by molar-refractivity contribution is 0.0635. The minimum atomic E-state index is -3.05. The first-order valence-corrected chi connectivity index (χ1v) is 10.1. The molecule has 1 aliphatic heterocycles. The molecule has 1 unspecified atom stereocenters. The number of hydrogen-bond acceptors (Lipinski definition) is 4. The fraction of sp³-hybridized carbons (Fsp3) is 1.00. The lowest BCUT2D eigenvalue weighted by Gasteiger charge is -2.45. The molecule has 1 heterocycles. The second kappa shape index (κ2) is 8.46. The van der Waals surface area contributed by atoms with E-state index in [1.807, 2.05) is 0 Å². The summed E-state index contributed by atoms with van der Waals surface area (Å²) >= 11 is 0. The highest BCUT2D eigenvalue weighted by Gasteiger charge is 2.34. The standard InChI is InChI=1S/C15H33N3O2S/c1-4-5-6-7-8-9-15(2,14-16)17-10-12-18(13-11-17)21(3,19)20/h4-14,16H2,1-3H3. The summed E-state index contributed by atoms with van der Waals surface area (Å²) in [7, 11) is -3.05. The van der Waals surface area contributed by atoms with Crippen LogP contribution >= 0.6 is 0 Å². The molecule has 0 radical (unpaired) electrons. The zero-order valence-electron chi connectivity index (χ0n) is 14.0. The first-order valence-electron chi connectivity index (χ1n) is 8.24. The van der Waals surface area contributed by atoms with Crippen molar-refractivity contribution < 1.29 is 8.42 Å². The van der Waals surface area contributed by atoms with E-state index >= 15 is 0 Å². The number of unbranched alkanes of at least 4 members (excludes halogenated alkanes) is 4. The van der Waals surface area contributed by atoms with Gasteiger partial charge < -0.3 is 5.73 Å². The molecule has 2 N–H and O–H groups in total. The molecule has 5 nitrogen and oxygen atoms in total. The minimum Gasteiger partial charge on any atom is -0.329 e. The van der Waals surface area contributed by atoms with E-state index in [1.165, 1.54) is 38.4 Å². The molecule has 0 bridgehead atoms. The van der Waals surface area contributed by atoms with Crippen LogP contribution in [0.4, 0.5) is 0 Å². The molecule has 0 amide bonds. The van der Waals surface area contributed by atoms with Gasteiger partial charge in [0.25, 0.3) is 0 Å². The van der Waals surface area contributed by atoms with Crippen LogP contribution in [0.25, 0.3) is 0 Å². The van der Waals surface area contributed by atoms with Crippen molar-refractivity contribution in [3.8, 4) is 0 Å². The maximum Gasteiger partial charge on any atom is 0.211 e. The molecule has 1 atom stereocenters. The molecule has 0 spiro atoms. The number of sulfonamides is 1. The van der Waals surface area contributed by atoms with E-state index < -0.39 is 10.0 Å². The monoisotopic (exact) mass is 319 g/mol. The topological polar surface area (TPSA) is 66.6 Å². The maximum absolute atomic E-state index is 11.6. The van der Waals surface area contributed by atoms with Crippen molar-refractivity contribution in [3.63, 3.8) is 0 Å². The molecule has 1 aliphatic rings. The highest BCUT2D eigenvalue weighted by molar-refractivity contribution is 7.88. The highest BCUT2D eigenvalue weighted by Crippen LogP contribution is 2.24. The Bertz CT molecular complexity index is 392. The molecular formula is C15H33N3O2S. The number of nitrogens with zero attached hydrogens (tertiary/aromatic N) is 2. The summed E-state index contributed by atoms with van der Waals surface area (Å²) in [6, 6.07) is 0. The number of rotatable bonds is 9. The average Bonchev–Trinajstić information content (AvgIpc) is 2.46. The molecule has 0 saturated carbocycles. The maximum atomic E-state index is 11.6. The van der Waals surface area contributed by atoms with Crippen molar-refractivity contribution in [2.45, 2.75) is 57.9 Å². The van der Waals surface area contributed by atoms with Gasteiger partial charge in [-0.25, -0.2) is 8.42 Å². The molecule has 1 saturated heterocycles. The highest BCUT2D eigenvalue weighted by atomic mass is 32.2. The van der Waals surface area contributed by atoms with E-state index in [2.05, 4.69) is 18.7 Å². The largest absolute Gasteiger partial charge is 0.329 e. The summed E-state index contributed by atoms with van der Waals surface area (Å²) in [4.78, 5) is 2.38. The average molecular weight is 320 g/mol. The van der Waals surface area contributed by atoms with Gasteiger partial charge in [-0.3, -0.25) is 4.90 Å². The third-order valence-electron chi connectivity index (χ3n) is 4.73. The predicted octanol–water partition coefficient (Wildman–Crippen LogP) is 1.64. The molecule has 0 aromatic heterocycles. The Labute approximate surface area is 130 Å². The van der Waals surface area contributed by atoms with Crippen LogP contribution < -0.4 is 5.73 Å². The predicted molar refractivity (Wildman–Crippen MR) is 88.8 cm³/mol. The van der Waals surface area contributed by atoms with Crippen LogP contribution in [0.5, 0.6) is 0 Å². The van der Waals surface area contributed by atoms with Gasteiger partial charge in [-0.1, -0.05) is 39.0 Å². The molecule has 6 heteroatoms. The van der Waals surface area contributed by atoms with E-state index in [-0.39, 0.29) is 5.54 Å². The molecule has 21 heavy (non-hydrogen) atoms. The van der Waals surface area contributed by atoms with E-state index in [0.29, 0.717) is 19.6 Å². The van der Waals surface area contributed by atoms with Gasteiger partial charge >= 0.3 is 0 Å². The molecular weight excluding hydrogens is 286 g/mol. The van der Waals surface area contributed by atoms with Crippen LogP contribution in [-0.2, 0) is 10.0 Å². The SMILES string of the molecule is CCCCCCCC(C)(CN)N1CCN(S(C)(=O)=O)CC1. The lowest BCUT2D eigenvalue weighted by atomic mass is 9.91. The van der Waals surface area contributed by atoms with Crippen LogP contribution in [0.2, 0.25) is 0 Å². The molecule has 0 aromatic rings. The third-order valence-corrected chi connectivity index (χ3v) is 6.03. The van der Waals surface area contributed by atoms with Crippen LogP contribution in [0.3, 0.4) is 0 Å². The number of hydrogen-bond donors (Lipinski definition) is 1. The Morgan fingerprint density at radius 3 is 2.10 bits per heavy atom. The van der Waals surface area contributed by atoms with Crippen LogP contribution in [-0.4, -0.2) is 62.1 Å². The van der Waals surface area contributed by atoms with Crippen molar-refractivity contribution in [3.05, 3.63) is 0 Å². The zero-order chi connectivity index (χ0) is 15.9. The molecule has 126 valence electrons. The second-order valence-corrected chi connectivity index (χ2v) is 8.50. The molecule has 0 aliphatic carbocycles. The van der Waals surface area contributed by atoms with Crippen molar-refractivity contribution in [2.75, 3.05) is 39.0 Å². The van der Waals surface area contributed by atoms with Gasteiger partial charge in [0, 0.05) is 38.3 Å². The Morgan fingerprint density at radius 2 is 1.62 bits per heavy atom. The summed E-state index contributed by atoms with van der Waals surface area (Å²) in [5.74, 6) is 0. The molecule has 1 fully saturated rings. The first kappa shape index (κ1) is 18.9. The Morgan fingerprint density at radius 1 is 1.05 bits per heavy atom. The van der Waals surface area contributed by atoms with Gasteiger partial charge in [0.05, 0.1) is 6.26 Å². The summed E-state index contributed by atoms with van der Waals surface area (Å²) in [5, 5.41) is 0. The van der Waals surface area contributed by atoms with E-state index in [9.17, 15) is 8.42 Å². The Balaban J connectivity index is 2.45. The number of piperazine rings is 1. The fourth-order valence-electron chi connectivity index (χ4n) is 3.06. The number of nitrogens with two attached hydrogens (primary N) is 1. The van der Waals surface area contributed by atoms with Crippen molar-refractivity contribution in [2.24, 2.45) is 5.73 Å². The van der Waals surface area contributed by atoms with E-state index in [0.717, 1.165) is 19.5 Å². The van der Waals surface area contributed by atoms with Crippen molar-refractivity contribution in [1.82, 2.24) is 9.21 Å². The summed E-state index contributed by atoms with van der Waals surface area (Å²) in [6.45, 7) is 7.84. The van der Waals surface area contributed by atoms with Crippen molar-refractivity contribution in [1.29, 1.82) is 0 Å². The van der Waals surface area contributed by atoms with Crippen LogP contribution in [0, 0.1) is 0 Å². The summed E-state index contributed by atoms with van der Waals surface area (Å²) < 4.78 is 24.7. The van der Waals surface area contributed by atoms with Crippen molar-refractivity contribution >= 4 is 10.0 Å². The first-order chi connectivity index (χ1) is 9.83. The molecule has 0 aromatic carbocycles. The van der Waals surface area contributed by atoms with Gasteiger partial charge in [-0.15, -0.1) is 0 Å². The lowest BCUT2D eigenvalue weighted by Crippen LogP contribution is -2.59. The van der Waals surface area contributed by atoms with Gasteiger partial charge in [-0.2, -0.15) is 4.31 Å². The van der Waals surface area contributed by atoms with Gasteiger partial charge in [0.15, 0.2) is 0 Å². The summed E-state index contributed by atoms with van der Waals surface area (Å²) in [5.41, 5.74) is 6.04. The summed E-state index contributed by atoms with van der Waals surface area (Å²) in [6.07, 6.45) is 8.75. The normalized spacial score (nSPS) is 21.3. The quantitative estimate of drug-likeness (QED) is 0.656.